The van der Waals surface area contributed by atoms with Gasteiger partial charge in [0.1, 0.15) is 0 Å². The molecule has 1 N–H and O–H groups in total. The first-order chi connectivity index (χ1) is 14.1. The number of carbonyl (C=O) groups excluding carboxylic acids is 1. The van der Waals surface area contributed by atoms with Crippen LogP contribution < -0.4 is 5.32 Å². The zero-order chi connectivity index (χ0) is 22.8. The van der Waals surface area contributed by atoms with Gasteiger partial charge in [-0.15, -0.1) is 0 Å². The molecule has 0 saturated carbocycles. The molecule has 1 amide bonds. The van der Waals surface area contributed by atoms with Crippen molar-refractivity contribution < 1.29 is 14.0 Å². The largest absolute Gasteiger partial charge is 0.413 e. The SMILES string of the molecule is CC(C)[Si](OC(CCCOCc1ccccc1)C(C)(C)CNC=O)(C(C)C)C(C)C. The van der Waals surface area contributed by atoms with Gasteiger partial charge in [0.2, 0.25) is 14.7 Å². The van der Waals surface area contributed by atoms with Gasteiger partial charge in [-0.25, -0.2) is 0 Å². The van der Waals surface area contributed by atoms with Gasteiger partial charge < -0.3 is 14.5 Å². The molecule has 1 rings (SSSR count). The summed E-state index contributed by atoms with van der Waals surface area (Å²) in [7, 11) is -2.02. The molecule has 0 bridgehead atoms. The Bertz CT molecular complexity index is 580. The molecule has 1 aromatic rings. The standard InChI is InChI=1S/C25H45NO3Si/c1-20(2)30(21(3)4,22(5)6)29-24(25(7,8)18-26-19-27)15-12-16-28-17-23-13-10-9-11-14-23/h9-11,13-14,19-22,24H,12,15-18H2,1-8H3,(H,26,27). The molecule has 0 aromatic heterocycles. The molecule has 1 unspecified atom stereocenters. The van der Waals surface area contributed by atoms with E-state index in [1.165, 1.54) is 5.56 Å². The molecule has 5 heteroatoms. The number of ether oxygens (including phenoxy) is 1. The maximum atomic E-state index is 11.0. The highest BCUT2D eigenvalue weighted by molar-refractivity contribution is 6.77. The Kier molecular flexibility index (Phi) is 11.3. The summed E-state index contributed by atoms with van der Waals surface area (Å²) in [6.45, 7) is 20.3. The van der Waals surface area contributed by atoms with E-state index in [0.29, 0.717) is 36.4 Å². The molecule has 0 fully saturated rings. The minimum absolute atomic E-state index is 0.0872. The highest BCUT2D eigenvalue weighted by Crippen LogP contribution is 2.45. The van der Waals surface area contributed by atoms with Gasteiger partial charge in [-0.2, -0.15) is 0 Å². The first-order valence-corrected chi connectivity index (χ1v) is 13.7. The van der Waals surface area contributed by atoms with Crippen molar-refractivity contribution in [2.75, 3.05) is 13.2 Å². The predicted molar refractivity (Wildman–Crippen MR) is 129 cm³/mol. The quantitative estimate of drug-likeness (QED) is 0.199. The number of amides is 1. The molecule has 0 aliphatic carbocycles. The monoisotopic (exact) mass is 435 g/mol. The molecule has 4 nitrogen and oxygen atoms in total. The third kappa shape index (κ3) is 7.51. The molecule has 0 aliphatic heterocycles. The van der Waals surface area contributed by atoms with Crippen LogP contribution in [0.25, 0.3) is 0 Å². The number of hydrogen-bond donors (Lipinski definition) is 1. The van der Waals surface area contributed by atoms with Crippen molar-refractivity contribution in [3.63, 3.8) is 0 Å². The maximum absolute atomic E-state index is 11.0. The van der Waals surface area contributed by atoms with Crippen LogP contribution in [0.5, 0.6) is 0 Å². The predicted octanol–water partition coefficient (Wildman–Crippen LogP) is 6.32. The van der Waals surface area contributed by atoms with Gasteiger partial charge in [0.15, 0.2) is 0 Å². The van der Waals surface area contributed by atoms with Gasteiger partial charge >= 0.3 is 0 Å². The van der Waals surface area contributed by atoms with E-state index in [1.807, 2.05) is 18.2 Å². The molecule has 0 saturated heterocycles. The number of benzene rings is 1. The molecule has 0 spiro atoms. The highest BCUT2D eigenvalue weighted by atomic mass is 28.4. The molecular weight excluding hydrogens is 390 g/mol. The normalized spacial score (nSPS) is 13.8. The van der Waals surface area contributed by atoms with Crippen LogP contribution in [0, 0.1) is 5.41 Å². The fourth-order valence-electron chi connectivity index (χ4n) is 4.82. The zero-order valence-electron chi connectivity index (χ0n) is 20.5. The van der Waals surface area contributed by atoms with Crippen molar-refractivity contribution in [2.45, 2.75) is 97.6 Å². The van der Waals surface area contributed by atoms with E-state index in [1.54, 1.807) is 0 Å². The summed E-state index contributed by atoms with van der Waals surface area (Å²) in [5.41, 5.74) is 2.65. The lowest BCUT2D eigenvalue weighted by atomic mass is 9.84. The van der Waals surface area contributed by atoms with Crippen LogP contribution in [-0.4, -0.2) is 34.0 Å². The minimum Gasteiger partial charge on any atom is -0.413 e. The third-order valence-electron chi connectivity index (χ3n) is 6.43. The Morgan fingerprint density at radius 1 is 1.00 bits per heavy atom. The molecule has 172 valence electrons. The smallest absolute Gasteiger partial charge is 0.207 e. The fraction of sp³-hybridized carbons (Fsp3) is 0.720. The van der Waals surface area contributed by atoms with Crippen LogP contribution in [0.3, 0.4) is 0 Å². The third-order valence-corrected chi connectivity index (χ3v) is 12.5. The van der Waals surface area contributed by atoms with Gasteiger partial charge in [0.05, 0.1) is 12.7 Å². The highest BCUT2D eigenvalue weighted by Gasteiger charge is 2.48. The summed E-state index contributed by atoms with van der Waals surface area (Å²) < 4.78 is 13.1. The second-order valence-electron chi connectivity index (χ2n) is 10.1. The maximum Gasteiger partial charge on any atom is 0.207 e. The van der Waals surface area contributed by atoms with Crippen molar-refractivity contribution in [2.24, 2.45) is 5.41 Å². The van der Waals surface area contributed by atoms with E-state index in [2.05, 4.69) is 72.8 Å². The van der Waals surface area contributed by atoms with E-state index >= 15 is 0 Å². The summed E-state index contributed by atoms with van der Waals surface area (Å²) in [5, 5.41) is 2.89. The van der Waals surface area contributed by atoms with Gasteiger partial charge in [0.25, 0.3) is 0 Å². The average molecular weight is 436 g/mol. The Labute approximate surface area is 186 Å². The lowest BCUT2D eigenvalue weighted by molar-refractivity contribution is -0.110. The van der Waals surface area contributed by atoms with E-state index < -0.39 is 8.32 Å². The van der Waals surface area contributed by atoms with E-state index in [0.717, 1.165) is 19.3 Å². The van der Waals surface area contributed by atoms with Crippen LogP contribution in [0.4, 0.5) is 0 Å². The topological polar surface area (TPSA) is 47.6 Å². The zero-order valence-corrected chi connectivity index (χ0v) is 21.5. The van der Waals surface area contributed by atoms with Crippen molar-refractivity contribution in [1.82, 2.24) is 5.32 Å². The lowest BCUT2D eigenvalue weighted by Gasteiger charge is -2.48. The molecule has 0 aliphatic rings. The number of nitrogens with one attached hydrogen (secondary N) is 1. The van der Waals surface area contributed by atoms with Crippen molar-refractivity contribution in [3.8, 4) is 0 Å². The molecular formula is C25H45NO3Si. The Morgan fingerprint density at radius 2 is 1.57 bits per heavy atom. The van der Waals surface area contributed by atoms with Crippen molar-refractivity contribution in [1.29, 1.82) is 0 Å². The second kappa shape index (κ2) is 12.6. The van der Waals surface area contributed by atoms with Crippen molar-refractivity contribution in [3.05, 3.63) is 35.9 Å². The lowest BCUT2D eigenvalue weighted by Crippen LogP contribution is -2.54. The molecule has 0 radical (unpaired) electrons. The number of rotatable bonds is 15. The first kappa shape index (κ1) is 26.9. The van der Waals surface area contributed by atoms with Gasteiger partial charge in [-0.1, -0.05) is 85.7 Å². The van der Waals surface area contributed by atoms with Crippen LogP contribution in [0.2, 0.25) is 16.6 Å². The second-order valence-corrected chi connectivity index (χ2v) is 15.5. The molecule has 0 heterocycles. The van der Waals surface area contributed by atoms with Gasteiger partial charge in [-0.05, 0) is 35.0 Å². The van der Waals surface area contributed by atoms with Crippen LogP contribution in [0.1, 0.15) is 73.8 Å². The summed E-state index contributed by atoms with van der Waals surface area (Å²) in [6.07, 6.45) is 2.76. The van der Waals surface area contributed by atoms with E-state index in [-0.39, 0.29) is 11.5 Å². The number of carbonyl (C=O) groups is 1. The van der Waals surface area contributed by atoms with E-state index in [4.69, 9.17) is 9.16 Å². The summed E-state index contributed by atoms with van der Waals surface area (Å²) >= 11 is 0. The number of hydrogen-bond acceptors (Lipinski definition) is 3. The summed E-state index contributed by atoms with van der Waals surface area (Å²) in [6, 6.07) is 10.3. The van der Waals surface area contributed by atoms with Gasteiger partial charge in [0, 0.05) is 18.6 Å². The van der Waals surface area contributed by atoms with Crippen LogP contribution in [-0.2, 0) is 20.6 Å². The van der Waals surface area contributed by atoms with Crippen molar-refractivity contribution >= 4 is 14.7 Å². The van der Waals surface area contributed by atoms with Crippen LogP contribution in [0.15, 0.2) is 30.3 Å². The minimum atomic E-state index is -2.02. The first-order valence-electron chi connectivity index (χ1n) is 11.5. The molecule has 30 heavy (non-hydrogen) atoms. The van der Waals surface area contributed by atoms with Gasteiger partial charge in [-0.3, -0.25) is 4.79 Å². The Morgan fingerprint density at radius 3 is 2.07 bits per heavy atom. The molecule has 1 atom stereocenters. The van der Waals surface area contributed by atoms with E-state index in [9.17, 15) is 4.79 Å². The van der Waals surface area contributed by atoms with Crippen LogP contribution >= 0.6 is 0 Å². The Balaban J connectivity index is 2.86. The average Bonchev–Trinajstić information content (AvgIpc) is 2.68. The fourth-order valence-corrected chi connectivity index (χ4v) is 10.6. The molecule has 1 aromatic carbocycles. The Hall–Kier alpha value is -1.17. The summed E-state index contributed by atoms with van der Waals surface area (Å²) in [5.74, 6) is 0. The summed E-state index contributed by atoms with van der Waals surface area (Å²) in [4.78, 5) is 11.0.